The van der Waals surface area contributed by atoms with E-state index >= 15 is 0 Å². The van der Waals surface area contributed by atoms with Crippen LogP contribution in [0.1, 0.15) is 44.7 Å². The van der Waals surface area contributed by atoms with Crippen molar-refractivity contribution in [1.29, 1.82) is 0 Å². The molecule has 2 fully saturated rings. The van der Waals surface area contributed by atoms with Gasteiger partial charge >= 0.3 is 12.1 Å². The summed E-state index contributed by atoms with van der Waals surface area (Å²) in [5.74, 6) is -1.02. The van der Waals surface area contributed by atoms with Gasteiger partial charge in [0, 0.05) is 38.3 Å². The molecule has 1 aromatic carbocycles. The summed E-state index contributed by atoms with van der Waals surface area (Å²) < 4.78 is 75.0. The molecule has 1 saturated heterocycles. The lowest BCUT2D eigenvalue weighted by molar-refractivity contribution is -0.158. The average Bonchev–Trinajstić information content (AvgIpc) is 3.41. The number of nitrogens with zero attached hydrogens (tertiary/aromatic N) is 3. The maximum absolute atomic E-state index is 13.5. The van der Waals surface area contributed by atoms with Gasteiger partial charge in [-0.25, -0.2) is 9.78 Å². The smallest absolute Gasteiger partial charge is 0.417 e. The van der Waals surface area contributed by atoms with Crippen LogP contribution >= 0.6 is 0 Å². The van der Waals surface area contributed by atoms with Gasteiger partial charge < -0.3 is 9.64 Å². The van der Waals surface area contributed by atoms with E-state index in [1.807, 2.05) is 37.3 Å². The molecule has 2 aliphatic rings. The maximum Gasteiger partial charge on any atom is 0.417 e. The predicted octanol–water partition coefficient (Wildman–Crippen LogP) is 3.57. The van der Waals surface area contributed by atoms with Gasteiger partial charge in [0.25, 0.3) is 10.2 Å². The Bertz CT molecular complexity index is 1230. The molecule has 37 heavy (non-hydrogen) atoms. The minimum Gasteiger partial charge on any atom is -0.459 e. The van der Waals surface area contributed by atoms with Crippen LogP contribution in [0.5, 0.6) is 0 Å². The minimum absolute atomic E-state index is 0.0762. The van der Waals surface area contributed by atoms with Crippen molar-refractivity contribution in [1.82, 2.24) is 14.0 Å². The first-order valence-electron chi connectivity index (χ1n) is 12.0. The molecule has 1 aliphatic heterocycles. The second kappa shape index (κ2) is 9.55. The molecular formula is C25H31F3N4O4S. The molecule has 1 saturated carbocycles. The fourth-order valence-electron chi connectivity index (χ4n) is 4.82. The van der Waals surface area contributed by atoms with Gasteiger partial charge in [0.1, 0.15) is 17.0 Å². The molecule has 0 bridgehead atoms. The lowest BCUT2D eigenvalue weighted by atomic mass is 10.1. The van der Waals surface area contributed by atoms with Gasteiger partial charge in [-0.2, -0.15) is 30.6 Å². The molecule has 202 valence electrons. The summed E-state index contributed by atoms with van der Waals surface area (Å²) in [6, 6.07) is 11.5. The molecule has 0 radical (unpaired) electrons. The highest BCUT2D eigenvalue weighted by Crippen LogP contribution is 2.58. The van der Waals surface area contributed by atoms with Crippen molar-refractivity contribution < 1.29 is 31.1 Å². The Morgan fingerprint density at radius 3 is 2.19 bits per heavy atom. The molecule has 2 aromatic rings. The third kappa shape index (κ3) is 5.60. The molecule has 1 aromatic heterocycles. The largest absolute Gasteiger partial charge is 0.459 e. The predicted molar refractivity (Wildman–Crippen MR) is 132 cm³/mol. The SMILES string of the molecule is C[C@@H]1[C@H](c2ccccc2)[C@]1(NS(=O)(=O)N1CCN(c2ccc(C(F)(F)F)cn2)CC1)C(=O)OC(C)(C)C. The van der Waals surface area contributed by atoms with E-state index in [0.29, 0.717) is 5.82 Å². The Morgan fingerprint density at radius 1 is 1.05 bits per heavy atom. The van der Waals surface area contributed by atoms with E-state index in [9.17, 15) is 26.4 Å². The Hall–Kier alpha value is -2.70. The number of anilines is 1. The summed E-state index contributed by atoms with van der Waals surface area (Å²) in [4.78, 5) is 19.0. The van der Waals surface area contributed by atoms with Crippen LogP contribution in [0.15, 0.2) is 48.7 Å². The number of halogens is 3. The maximum atomic E-state index is 13.5. The Labute approximate surface area is 215 Å². The topological polar surface area (TPSA) is 91.8 Å². The first kappa shape index (κ1) is 27.3. The van der Waals surface area contributed by atoms with Crippen molar-refractivity contribution in [2.24, 2.45) is 5.92 Å². The fraction of sp³-hybridized carbons (Fsp3) is 0.520. The lowest BCUT2D eigenvalue weighted by Crippen LogP contribution is -2.57. The van der Waals surface area contributed by atoms with E-state index in [4.69, 9.17) is 4.74 Å². The Kier molecular flexibility index (Phi) is 7.06. The van der Waals surface area contributed by atoms with Crippen molar-refractivity contribution in [3.8, 4) is 0 Å². The first-order chi connectivity index (χ1) is 17.1. The number of carbonyl (C=O) groups excluding carboxylic acids is 1. The molecule has 3 atom stereocenters. The van der Waals surface area contributed by atoms with Crippen LogP contribution in [-0.4, -0.2) is 61.0 Å². The molecule has 4 rings (SSSR count). The zero-order valence-electron chi connectivity index (χ0n) is 21.1. The summed E-state index contributed by atoms with van der Waals surface area (Å²) in [5, 5.41) is 0. The second-order valence-corrected chi connectivity index (χ2v) is 12.1. The highest BCUT2D eigenvalue weighted by Gasteiger charge is 2.71. The summed E-state index contributed by atoms with van der Waals surface area (Å²) in [6.45, 7) is 7.62. The molecule has 8 nitrogen and oxygen atoms in total. The number of alkyl halides is 3. The average molecular weight is 541 g/mol. The number of benzene rings is 1. The van der Waals surface area contributed by atoms with Crippen LogP contribution in [0, 0.1) is 5.92 Å². The molecule has 12 heteroatoms. The van der Waals surface area contributed by atoms with Crippen LogP contribution in [0.3, 0.4) is 0 Å². The monoisotopic (exact) mass is 540 g/mol. The highest BCUT2D eigenvalue weighted by atomic mass is 32.2. The zero-order valence-corrected chi connectivity index (χ0v) is 21.9. The van der Waals surface area contributed by atoms with Gasteiger partial charge in [-0.1, -0.05) is 37.3 Å². The molecule has 1 N–H and O–H groups in total. The summed E-state index contributed by atoms with van der Waals surface area (Å²) in [7, 11) is -4.10. The standard InChI is InChI=1S/C25H31F3N4O4S/c1-17-21(18-8-6-5-7-9-18)24(17,22(33)36-23(2,3)4)30-37(34,35)32-14-12-31(13-15-32)20-11-10-19(16-29-20)25(26,27)28/h5-11,16-17,21,30H,12-15H2,1-4H3/t17-,21-,24+/m1/s1. The van der Waals surface area contributed by atoms with Gasteiger partial charge in [-0.3, -0.25) is 0 Å². The summed E-state index contributed by atoms with van der Waals surface area (Å²) in [5.41, 5.74) is -2.26. The molecular weight excluding hydrogens is 509 g/mol. The fourth-order valence-corrected chi connectivity index (χ4v) is 6.42. The van der Waals surface area contributed by atoms with E-state index in [1.165, 1.54) is 10.4 Å². The van der Waals surface area contributed by atoms with E-state index in [1.54, 1.807) is 25.7 Å². The van der Waals surface area contributed by atoms with Crippen LogP contribution in [-0.2, 0) is 25.9 Å². The molecule has 1 aliphatic carbocycles. The number of rotatable bonds is 6. The highest BCUT2D eigenvalue weighted by molar-refractivity contribution is 7.87. The van der Waals surface area contributed by atoms with Crippen molar-refractivity contribution >= 4 is 22.0 Å². The Balaban J connectivity index is 1.50. The van der Waals surface area contributed by atoms with Crippen molar-refractivity contribution in [2.45, 2.75) is 50.9 Å². The van der Waals surface area contributed by atoms with Crippen molar-refractivity contribution in [3.05, 3.63) is 59.8 Å². The number of hydrogen-bond acceptors (Lipinski definition) is 6. The minimum atomic E-state index is -4.48. The van der Waals surface area contributed by atoms with Crippen LogP contribution in [0.2, 0.25) is 0 Å². The second-order valence-electron chi connectivity index (χ2n) is 10.4. The van der Waals surface area contributed by atoms with Crippen molar-refractivity contribution in [3.63, 3.8) is 0 Å². The first-order valence-corrected chi connectivity index (χ1v) is 13.4. The number of ether oxygens (including phenoxy) is 1. The normalized spacial score (nSPS) is 25.1. The van der Waals surface area contributed by atoms with E-state index in [2.05, 4.69) is 9.71 Å². The van der Waals surface area contributed by atoms with Crippen LogP contribution in [0.25, 0.3) is 0 Å². The number of carbonyl (C=O) groups is 1. The summed E-state index contributed by atoms with van der Waals surface area (Å²) in [6.07, 6.45) is -3.71. The third-order valence-electron chi connectivity index (χ3n) is 6.77. The van der Waals surface area contributed by atoms with Gasteiger partial charge in [-0.15, -0.1) is 0 Å². The number of hydrogen-bond donors (Lipinski definition) is 1. The van der Waals surface area contributed by atoms with Crippen LogP contribution in [0.4, 0.5) is 19.0 Å². The molecule has 0 unspecified atom stereocenters. The summed E-state index contributed by atoms with van der Waals surface area (Å²) >= 11 is 0. The van der Waals surface area contributed by atoms with Gasteiger partial charge in [0.2, 0.25) is 0 Å². The number of esters is 1. The van der Waals surface area contributed by atoms with E-state index in [-0.39, 0.29) is 32.1 Å². The van der Waals surface area contributed by atoms with Crippen molar-refractivity contribution in [2.75, 3.05) is 31.1 Å². The van der Waals surface area contributed by atoms with Gasteiger partial charge in [-0.05, 0) is 44.4 Å². The molecule has 0 amide bonds. The zero-order chi connectivity index (χ0) is 27.2. The third-order valence-corrected chi connectivity index (χ3v) is 8.41. The van der Waals surface area contributed by atoms with Gasteiger partial charge in [0.05, 0.1) is 5.56 Å². The number of nitrogens with one attached hydrogen (secondary N) is 1. The quantitative estimate of drug-likeness (QED) is 0.564. The molecule has 0 spiro atoms. The van der Waals surface area contributed by atoms with Crippen LogP contribution < -0.4 is 9.62 Å². The molecule has 2 heterocycles. The number of pyridine rings is 1. The van der Waals surface area contributed by atoms with E-state index in [0.717, 1.165) is 17.8 Å². The Morgan fingerprint density at radius 2 is 1.68 bits per heavy atom. The lowest BCUT2D eigenvalue weighted by Gasteiger charge is -2.35. The number of piperazine rings is 1. The number of aromatic nitrogens is 1. The van der Waals surface area contributed by atoms with E-state index < -0.39 is 45.0 Å². The van der Waals surface area contributed by atoms with Gasteiger partial charge in [0.15, 0.2) is 0 Å².